The second-order valence-electron chi connectivity index (χ2n) is 8.07. The molecule has 8 heteroatoms. The monoisotopic (exact) mass is 460 g/mol. The number of thiophene rings is 1. The Labute approximate surface area is 193 Å². The summed E-state index contributed by atoms with van der Waals surface area (Å²) in [4.78, 5) is 26.3. The number of halogens is 1. The maximum atomic E-state index is 14.4. The van der Waals surface area contributed by atoms with Gasteiger partial charge in [0.1, 0.15) is 5.82 Å². The Hall–Kier alpha value is -3.78. The Morgan fingerprint density at radius 3 is 2.82 bits per heavy atom. The second-order valence-corrected chi connectivity index (χ2v) is 9.02. The van der Waals surface area contributed by atoms with Crippen LogP contribution in [0.1, 0.15) is 31.2 Å². The summed E-state index contributed by atoms with van der Waals surface area (Å²) in [5.74, 6) is -1.19. The Morgan fingerprint density at radius 2 is 2.06 bits per heavy atom. The number of carbonyl (C=O) groups excluding carboxylic acids is 2. The van der Waals surface area contributed by atoms with Crippen molar-refractivity contribution in [1.82, 2.24) is 15.5 Å². The van der Waals surface area contributed by atoms with Crippen molar-refractivity contribution in [3.63, 3.8) is 0 Å². The summed E-state index contributed by atoms with van der Waals surface area (Å²) >= 11 is 1.67. The third-order valence-electron chi connectivity index (χ3n) is 5.89. The average Bonchev–Trinajstić information content (AvgIpc) is 3.48. The van der Waals surface area contributed by atoms with E-state index in [0.717, 1.165) is 16.7 Å². The minimum atomic E-state index is -0.538. The van der Waals surface area contributed by atoms with E-state index in [-0.39, 0.29) is 36.3 Å². The molecule has 0 aliphatic carbocycles. The lowest BCUT2D eigenvalue weighted by Crippen LogP contribution is -2.32. The quantitative estimate of drug-likeness (QED) is 0.376. The molecule has 3 N–H and O–H groups in total. The molecule has 1 atom stereocenters. The molecule has 1 unspecified atom stereocenters. The van der Waals surface area contributed by atoms with E-state index in [0.29, 0.717) is 16.6 Å². The zero-order valence-corrected chi connectivity index (χ0v) is 18.6. The van der Waals surface area contributed by atoms with Gasteiger partial charge in [0, 0.05) is 34.4 Å². The van der Waals surface area contributed by atoms with Crippen LogP contribution in [0.4, 0.5) is 10.1 Å². The summed E-state index contributed by atoms with van der Waals surface area (Å²) in [6.07, 6.45) is 1.88. The molecular formula is C25H21FN4O2S. The van der Waals surface area contributed by atoms with Crippen molar-refractivity contribution >= 4 is 39.7 Å². The van der Waals surface area contributed by atoms with Crippen molar-refractivity contribution in [2.75, 3.05) is 5.32 Å². The highest BCUT2D eigenvalue weighted by Crippen LogP contribution is 2.36. The number of H-pyrrole nitrogens is 1. The lowest BCUT2D eigenvalue weighted by atomic mass is 9.82. The number of aromatic amines is 1. The van der Waals surface area contributed by atoms with Crippen molar-refractivity contribution in [2.24, 2.45) is 0 Å². The summed E-state index contributed by atoms with van der Waals surface area (Å²) in [6, 6.07) is 15.0. The number of benzene rings is 2. The maximum Gasteiger partial charge on any atom is 0.228 e. The number of carbonyl (C=O) groups is 2. The molecule has 3 heterocycles. The normalized spacial score (nSPS) is 16.2. The Balaban J connectivity index is 1.38. The van der Waals surface area contributed by atoms with Crippen LogP contribution in [-0.2, 0) is 9.59 Å². The molecule has 2 aromatic carbocycles. The molecule has 166 valence electrons. The molecular weight excluding hydrogens is 439 g/mol. The second kappa shape index (κ2) is 8.63. The van der Waals surface area contributed by atoms with Gasteiger partial charge in [0.15, 0.2) is 0 Å². The molecule has 0 spiro atoms. The van der Waals surface area contributed by atoms with Gasteiger partial charge in [0.05, 0.1) is 23.8 Å². The zero-order chi connectivity index (χ0) is 22.9. The zero-order valence-electron chi connectivity index (χ0n) is 17.8. The highest BCUT2D eigenvalue weighted by molar-refractivity contribution is 7.13. The highest BCUT2D eigenvalue weighted by atomic mass is 32.1. The van der Waals surface area contributed by atoms with Crippen LogP contribution in [0.2, 0.25) is 0 Å². The third kappa shape index (κ3) is 4.29. The van der Waals surface area contributed by atoms with Gasteiger partial charge >= 0.3 is 0 Å². The van der Waals surface area contributed by atoms with Gasteiger partial charge in [-0.3, -0.25) is 14.7 Å². The first kappa shape index (κ1) is 21.1. The van der Waals surface area contributed by atoms with Crippen molar-refractivity contribution in [1.29, 1.82) is 0 Å². The Kier molecular flexibility index (Phi) is 5.51. The number of aromatic nitrogens is 2. The fraction of sp³-hybridized carbons (Fsp3) is 0.160. The first-order chi connectivity index (χ1) is 16.0. The van der Waals surface area contributed by atoms with Gasteiger partial charge in [0.2, 0.25) is 11.8 Å². The SMILES string of the molecule is CC1=C(CC(=O)Nc2cc3cn[nH]c3cc2F)C(c2ccc(-c3cccs3)cc2)CC(=O)N1. The minimum absolute atomic E-state index is 0.0479. The van der Waals surface area contributed by atoms with Crippen LogP contribution < -0.4 is 10.6 Å². The van der Waals surface area contributed by atoms with Gasteiger partial charge in [0.25, 0.3) is 0 Å². The molecule has 0 radical (unpaired) electrons. The van der Waals surface area contributed by atoms with Gasteiger partial charge in [-0.05, 0) is 41.1 Å². The number of rotatable bonds is 5. The van der Waals surface area contributed by atoms with E-state index in [2.05, 4.69) is 26.9 Å². The van der Waals surface area contributed by atoms with Crippen molar-refractivity contribution in [3.05, 3.63) is 82.8 Å². The van der Waals surface area contributed by atoms with Crippen LogP contribution in [0.3, 0.4) is 0 Å². The van der Waals surface area contributed by atoms with Crippen LogP contribution in [0, 0.1) is 5.82 Å². The number of allylic oxidation sites excluding steroid dienone is 1. The van der Waals surface area contributed by atoms with E-state index in [4.69, 9.17) is 0 Å². The van der Waals surface area contributed by atoms with Gasteiger partial charge in [-0.2, -0.15) is 5.10 Å². The first-order valence-electron chi connectivity index (χ1n) is 10.5. The van der Waals surface area contributed by atoms with E-state index in [9.17, 15) is 14.0 Å². The van der Waals surface area contributed by atoms with Crippen LogP contribution in [0.5, 0.6) is 0 Å². The predicted octanol–water partition coefficient (Wildman–Crippen LogP) is 5.34. The van der Waals surface area contributed by atoms with Gasteiger partial charge < -0.3 is 10.6 Å². The fourth-order valence-electron chi connectivity index (χ4n) is 4.24. The third-order valence-corrected chi connectivity index (χ3v) is 6.81. The Bertz CT molecular complexity index is 1370. The van der Waals surface area contributed by atoms with E-state index >= 15 is 0 Å². The molecule has 5 rings (SSSR count). The number of hydrogen-bond acceptors (Lipinski definition) is 4. The van der Waals surface area contributed by atoms with Gasteiger partial charge in [-0.1, -0.05) is 30.3 Å². The molecule has 1 aliphatic heterocycles. The summed E-state index contributed by atoms with van der Waals surface area (Å²) in [5.41, 5.74) is 4.23. The molecule has 0 bridgehead atoms. The number of fused-ring (bicyclic) bond motifs is 1. The lowest BCUT2D eigenvalue weighted by molar-refractivity contribution is -0.121. The van der Waals surface area contributed by atoms with Crippen molar-refractivity contribution < 1.29 is 14.0 Å². The van der Waals surface area contributed by atoms with E-state index in [1.807, 2.05) is 35.7 Å². The van der Waals surface area contributed by atoms with Crippen LogP contribution in [-0.4, -0.2) is 22.0 Å². The van der Waals surface area contributed by atoms with Crippen molar-refractivity contribution in [3.8, 4) is 10.4 Å². The molecule has 33 heavy (non-hydrogen) atoms. The van der Waals surface area contributed by atoms with Crippen molar-refractivity contribution in [2.45, 2.75) is 25.7 Å². The molecule has 6 nitrogen and oxygen atoms in total. The molecule has 0 saturated carbocycles. The molecule has 1 aliphatic rings. The fourth-order valence-corrected chi connectivity index (χ4v) is 4.97. The lowest BCUT2D eigenvalue weighted by Gasteiger charge is -2.28. The summed E-state index contributed by atoms with van der Waals surface area (Å²) in [7, 11) is 0. The first-order valence-corrected chi connectivity index (χ1v) is 11.4. The maximum absolute atomic E-state index is 14.4. The predicted molar refractivity (Wildman–Crippen MR) is 127 cm³/mol. The number of anilines is 1. The largest absolute Gasteiger partial charge is 0.330 e. The van der Waals surface area contributed by atoms with Crippen LogP contribution in [0.25, 0.3) is 21.3 Å². The standard InChI is InChI=1S/C25H21FN4O2S/c1-14-18(10-25(32)29-22-9-17-13-27-30-21(17)12-20(22)26)19(11-24(31)28-14)15-4-6-16(7-5-15)23-3-2-8-33-23/h2-9,12-13,19H,10-11H2,1H3,(H,27,30)(H,28,31)(H,29,32). The van der Waals surface area contributed by atoms with Gasteiger partial charge in [-0.15, -0.1) is 11.3 Å². The number of hydrogen-bond donors (Lipinski definition) is 3. The Morgan fingerprint density at radius 1 is 1.24 bits per heavy atom. The van der Waals surface area contributed by atoms with E-state index in [1.54, 1.807) is 30.5 Å². The smallest absolute Gasteiger partial charge is 0.228 e. The average molecular weight is 461 g/mol. The molecule has 2 aromatic heterocycles. The summed E-state index contributed by atoms with van der Waals surface area (Å²) in [6.45, 7) is 1.80. The highest BCUT2D eigenvalue weighted by Gasteiger charge is 2.29. The molecule has 2 amide bonds. The van der Waals surface area contributed by atoms with E-state index in [1.165, 1.54) is 10.9 Å². The van der Waals surface area contributed by atoms with Crippen LogP contribution >= 0.6 is 11.3 Å². The molecule has 0 saturated heterocycles. The van der Waals surface area contributed by atoms with Crippen LogP contribution in [0.15, 0.2) is 71.4 Å². The molecule has 0 fully saturated rings. The minimum Gasteiger partial charge on any atom is -0.330 e. The summed E-state index contributed by atoms with van der Waals surface area (Å²) in [5, 5.41) is 14.8. The topological polar surface area (TPSA) is 86.9 Å². The number of amides is 2. The summed E-state index contributed by atoms with van der Waals surface area (Å²) < 4.78 is 14.4. The number of nitrogens with zero attached hydrogens (tertiary/aromatic N) is 1. The van der Waals surface area contributed by atoms with Gasteiger partial charge in [-0.25, -0.2) is 4.39 Å². The molecule has 4 aromatic rings. The van der Waals surface area contributed by atoms with E-state index < -0.39 is 5.82 Å². The number of nitrogens with one attached hydrogen (secondary N) is 3.